The number of rotatable bonds is 3. The summed E-state index contributed by atoms with van der Waals surface area (Å²) in [7, 11) is 0. The van der Waals surface area contributed by atoms with Crippen LogP contribution >= 0.6 is 0 Å². The number of hydrogen-bond acceptors (Lipinski definition) is 4. The highest BCUT2D eigenvalue weighted by molar-refractivity contribution is 6.13. The number of fused-ring (bicyclic) bond motifs is 2. The Labute approximate surface area is 184 Å². The molecule has 6 heteroatoms. The number of halogens is 1. The molecule has 1 aromatic heterocycles. The molecule has 5 nitrogen and oxygen atoms in total. The molecule has 2 aliphatic rings. The lowest BCUT2D eigenvalue weighted by Gasteiger charge is -2.33. The van der Waals surface area contributed by atoms with Crippen LogP contribution in [0.3, 0.4) is 0 Å². The van der Waals surface area contributed by atoms with Gasteiger partial charge in [-0.05, 0) is 36.4 Å². The van der Waals surface area contributed by atoms with Crippen LogP contribution < -0.4 is 0 Å². The van der Waals surface area contributed by atoms with E-state index in [2.05, 4.69) is 15.8 Å². The quantitative estimate of drug-likeness (QED) is 0.469. The number of amidine groups is 1. The normalized spacial score (nSPS) is 19.3. The fourth-order valence-electron chi connectivity index (χ4n) is 4.28. The van der Waals surface area contributed by atoms with Gasteiger partial charge in [-0.1, -0.05) is 65.8 Å². The second-order valence-corrected chi connectivity index (χ2v) is 7.81. The molecule has 3 aromatic carbocycles. The number of oxime groups is 1. The molecule has 0 aliphatic carbocycles. The van der Waals surface area contributed by atoms with Crippen molar-refractivity contribution in [2.75, 3.05) is 0 Å². The van der Waals surface area contributed by atoms with Gasteiger partial charge in [-0.2, -0.15) is 10.1 Å². The molecule has 0 bridgehead atoms. The highest BCUT2D eigenvalue weighted by atomic mass is 19.1. The van der Waals surface area contributed by atoms with Crippen molar-refractivity contribution in [3.63, 3.8) is 0 Å². The maximum Gasteiger partial charge on any atom is 0.274 e. The van der Waals surface area contributed by atoms with Crippen LogP contribution in [0, 0.1) is 5.82 Å². The first-order valence-electron chi connectivity index (χ1n) is 10.4. The Balaban J connectivity index is 1.59. The van der Waals surface area contributed by atoms with E-state index in [1.54, 1.807) is 12.1 Å². The van der Waals surface area contributed by atoms with Crippen LogP contribution in [-0.4, -0.2) is 21.1 Å². The second-order valence-electron chi connectivity index (χ2n) is 7.81. The third-order valence-corrected chi connectivity index (χ3v) is 5.86. The molecule has 32 heavy (non-hydrogen) atoms. The number of hydrogen-bond donors (Lipinski definition) is 0. The number of benzene rings is 3. The number of hydrazone groups is 1. The molecule has 3 heterocycles. The van der Waals surface area contributed by atoms with Crippen LogP contribution in [0.25, 0.3) is 0 Å². The van der Waals surface area contributed by atoms with Gasteiger partial charge in [0.05, 0.1) is 12.2 Å². The molecule has 2 aliphatic heterocycles. The van der Waals surface area contributed by atoms with Crippen molar-refractivity contribution in [2.24, 2.45) is 10.3 Å². The molecular formula is C26H19FN4O. The van der Waals surface area contributed by atoms with Crippen molar-refractivity contribution in [1.29, 1.82) is 0 Å². The molecule has 0 radical (unpaired) electrons. The average Bonchev–Trinajstić information content (AvgIpc) is 3.41. The third kappa shape index (κ3) is 2.84. The van der Waals surface area contributed by atoms with E-state index in [9.17, 15) is 4.39 Å². The van der Waals surface area contributed by atoms with Gasteiger partial charge in [0.15, 0.2) is 5.84 Å². The Hall–Kier alpha value is -4.19. The van der Waals surface area contributed by atoms with Crippen LogP contribution in [0.1, 0.15) is 22.4 Å². The van der Waals surface area contributed by atoms with E-state index in [0.717, 1.165) is 28.1 Å². The predicted molar refractivity (Wildman–Crippen MR) is 120 cm³/mol. The van der Waals surface area contributed by atoms with Crippen LogP contribution in [-0.2, 0) is 17.1 Å². The summed E-state index contributed by atoms with van der Waals surface area (Å²) in [6.45, 7) is 0.480. The van der Waals surface area contributed by atoms with Gasteiger partial charge < -0.3 is 9.40 Å². The van der Waals surface area contributed by atoms with Gasteiger partial charge in [0, 0.05) is 22.9 Å². The molecule has 0 spiro atoms. The minimum Gasteiger partial charge on any atom is -0.356 e. The van der Waals surface area contributed by atoms with Gasteiger partial charge in [0.1, 0.15) is 11.5 Å². The van der Waals surface area contributed by atoms with Gasteiger partial charge in [-0.3, -0.25) is 0 Å². The molecule has 0 saturated carbocycles. The first-order chi connectivity index (χ1) is 15.7. The highest BCUT2D eigenvalue weighted by Crippen LogP contribution is 2.41. The summed E-state index contributed by atoms with van der Waals surface area (Å²) in [5.74, 6) is 0.232. The Morgan fingerprint density at radius 2 is 1.50 bits per heavy atom. The minimum atomic E-state index is -0.977. The van der Waals surface area contributed by atoms with E-state index < -0.39 is 5.72 Å². The topological polar surface area (TPSA) is 42.1 Å². The first kappa shape index (κ1) is 18.6. The molecule has 4 aromatic rings. The molecule has 0 fully saturated rings. The fraction of sp³-hybridized carbons (Fsp3) is 0.0769. The van der Waals surface area contributed by atoms with Crippen LogP contribution in [0.2, 0.25) is 0 Å². The van der Waals surface area contributed by atoms with Crippen LogP contribution in [0.4, 0.5) is 4.39 Å². The summed E-state index contributed by atoms with van der Waals surface area (Å²) in [6.07, 6.45) is 2.03. The Morgan fingerprint density at radius 3 is 2.25 bits per heavy atom. The molecule has 0 saturated heterocycles. The van der Waals surface area contributed by atoms with E-state index >= 15 is 0 Å². The predicted octanol–water partition coefficient (Wildman–Crippen LogP) is 4.94. The van der Waals surface area contributed by atoms with E-state index in [0.29, 0.717) is 12.4 Å². The third-order valence-electron chi connectivity index (χ3n) is 5.86. The zero-order valence-electron chi connectivity index (χ0n) is 17.1. The zero-order chi connectivity index (χ0) is 21.5. The van der Waals surface area contributed by atoms with Crippen molar-refractivity contribution in [3.8, 4) is 0 Å². The van der Waals surface area contributed by atoms with Crippen LogP contribution in [0.5, 0.6) is 0 Å². The van der Waals surface area contributed by atoms with E-state index in [1.165, 1.54) is 12.1 Å². The highest BCUT2D eigenvalue weighted by Gasteiger charge is 2.51. The molecule has 0 N–H and O–H groups in total. The number of nitrogens with zero attached hydrogens (tertiary/aromatic N) is 4. The molecule has 6 rings (SSSR count). The maximum atomic E-state index is 13.6. The summed E-state index contributed by atoms with van der Waals surface area (Å²) < 4.78 is 15.8. The largest absolute Gasteiger partial charge is 0.356 e. The Bertz CT molecular complexity index is 1330. The van der Waals surface area contributed by atoms with Gasteiger partial charge in [-0.25, -0.2) is 4.39 Å². The van der Waals surface area contributed by atoms with Gasteiger partial charge in [0.2, 0.25) is 0 Å². The van der Waals surface area contributed by atoms with Gasteiger partial charge in [-0.15, -0.1) is 0 Å². The lowest BCUT2D eigenvalue weighted by Crippen LogP contribution is -2.45. The summed E-state index contributed by atoms with van der Waals surface area (Å²) >= 11 is 0. The summed E-state index contributed by atoms with van der Waals surface area (Å²) in [4.78, 5) is 6.21. The molecule has 0 amide bonds. The lowest BCUT2D eigenvalue weighted by molar-refractivity contribution is -0.116. The molecular weight excluding hydrogens is 403 g/mol. The Kier molecular flexibility index (Phi) is 4.18. The van der Waals surface area contributed by atoms with Crippen molar-refractivity contribution >= 4 is 11.5 Å². The lowest BCUT2D eigenvalue weighted by atomic mass is 10.0. The minimum absolute atomic E-state index is 0.303. The SMILES string of the molecule is Fc1ccc(C2=NOC3(c4ccccc4)Cn4cccc4C(c4ccccc4)=NN23)cc1. The smallest absolute Gasteiger partial charge is 0.274 e. The van der Waals surface area contributed by atoms with E-state index in [1.807, 2.05) is 77.9 Å². The first-order valence-corrected chi connectivity index (χ1v) is 10.4. The average molecular weight is 422 g/mol. The summed E-state index contributed by atoms with van der Waals surface area (Å²) in [5, 5.41) is 11.4. The van der Waals surface area contributed by atoms with Crippen molar-refractivity contribution < 1.29 is 9.23 Å². The summed E-state index contributed by atoms with van der Waals surface area (Å²) in [5.41, 5.74) is 3.47. The van der Waals surface area contributed by atoms with E-state index in [4.69, 9.17) is 9.94 Å². The number of aromatic nitrogens is 1. The maximum absolute atomic E-state index is 13.6. The van der Waals surface area contributed by atoms with Crippen LogP contribution in [0.15, 0.2) is 114 Å². The van der Waals surface area contributed by atoms with Gasteiger partial charge >= 0.3 is 0 Å². The standard InChI is InChI=1S/C26H19FN4O/c27-22-15-13-20(14-16-22)25-29-32-26(21-10-5-2-6-11-21)18-30-17-7-12-23(30)24(28-31(25)26)19-8-3-1-4-9-19/h1-17H,18H2. The summed E-state index contributed by atoms with van der Waals surface area (Å²) in [6, 6.07) is 30.3. The van der Waals surface area contributed by atoms with Crippen molar-refractivity contribution in [3.05, 3.63) is 131 Å². The zero-order valence-corrected chi connectivity index (χ0v) is 17.1. The Morgan fingerprint density at radius 1 is 0.781 bits per heavy atom. The fourth-order valence-corrected chi connectivity index (χ4v) is 4.28. The van der Waals surface area contributed by atoms with E-state index in [-0.39, 0.29) is 5.82 Å². The van der Waals surface area contributed by atoms with Crippen molar-refractivity contribution in [2.45, 2.75) is 12.3 Å². The molecule has 1 atom stereocenters. The van der Waals surface area contributed by atoms with Crippen molar-refractivity contribution in [1.82, 2.24) is 9.58 Å². The van der Waals surface area contributed by atoms with Gasteiger partial charge in [0.25, 0.3) is 5.72 Å². The molecule has 1 unspecified atom stereocenters. The molecule has 156 valence electrons. The second kappa shape index (κ2) is 7.20. The monoisotopic (exact) mass is 422 g/mol.